The summed E-state index contributed by atoms with van der Waals surface area (Å²) in [7, 11) is 0. The number of rotatable bonds is 6. The number of carbonyl (C=O) groups is 1. The van der Waals surface area contributed by atoms with E-state index in [4.69, 9.17) is 11.3 Å². The average molecular weight is 376 g/mol. The lowest BCUT2D eigenvalue weighted by molar-refractivity contribution is -0.384. The summed E-state index contributed by atoms with van der Waals surface area (Å²) in [6.07, 6.45) is 1.43. The van der Waals surface area contributed by atoms with E-state index in [1.54, 1.807) is 19.1 Å². The summed E-state index contributed by atoms with van der Waals surface area (Å²) in [4.78, 5) is 28.8. The lowest BCUT2D eigenvalue weighted by atomic mass is 10.2. The molecule has 140 valence electrons. The number of ether oxygens (including phenoxy) is 1. The fourth-order valence-electron chi connectivity index (χ4n) is 2.70. The Kier molecular flexibility index (Phi) is 5.37. The van der Waals surface area contributed by atoms with Crippen molar-refractivity contribution in [1.82, 2.24) is 4.98 Å². The minimum atomic E-state index is -0.697. The van der Waals surface area contributed by atoms with Crippen LogP contribution in [0.15, 0.2) is 54.2 Å². The maximum absolute atomic E-state index is 12.0. The van der Waals surface area contributed by atoms with E-state index in [0.717, 1.165) is 10.9 Å². The van der Waals surface area contributed by atoms with Gasteiger partial charge in [0.2, 0.25) is 0 Å². The number of aromatic nitrogens is 1. The molecule has 2 N–H and O–H groups in total. The molecule has 0 saturated carbocycles. The summed E-state index contributed by atoms with van der Waals surface area (Å²) in [6.45, 7) is 9.11. The first-order valence-corrected chi connectivity index (χ1v) is 8.42. The Bertz CT molecular complexity index is 1110. The van der Waals surface area contributed by atoms with Crippen LogP contribution in [0.1, 0.15) is 12.6 Å². The smallest absolute Gasteiger partial charge is 0.336 e. The number of carbonyl (C=O) groups excluding carboxylic acids is 1. The molecule has 8 nitrogen and oxygen atoms in total. The van der Waals surface area contributed by atoms with Gasteiger partial charge in [0, 0.05) is 28.7 Å². The number of H-pyrrole nitrogens is 1. The fourth-order valence-corrected chi connectivity index (χ4v) is 2.70. The van der Waals surface area contributed by atoms with Crippen LogP contribution in [0.3, 0.4) is 0 Å². The van der Waals surface area contributed by atoms with E-state index in [2.05, 4.69) is 15.1 Å². The van der Waals surface area contributed by atoms with Crippen LogP contribution in [0.4, 0.5) is 17.1 Å². The zero-order chi connectivity index (χ0) is 20.1. The van der Waals surface area contributed by atoms with Crippen molar-refractivity contribution in [2.24, 2.45) is 0 Å². The predicted octanol–water partition coefficient (Wildman–Crippen LogP) is 4.64. The Balaban J connectivity index is 2.05. The normalized spacial score (nSPS) is 11.1. The Hall–Kier alpha value is -4.12. The highest BCUT2D eigenvalue weighted by Gasteiger charge is 2.16. The van der Waals surface area contributed by atoms with Gasteiger partial charge in [-0.25, -0.2) is 4.85 Å². The maximum atomic E-state index is 12.0. The lowest BCUT2D eigenvalue weighted by Gasteiger charge is -2.07. The number of anilines is 2. The number of fused-ring (bicyclic) bond motifs is 1. The molecular weight excluding hydrogens is 360 g/mol. The molecule has 2 aromatic carbocycles. The number of nitro benzene ring substituents is 1. The molecule has 0 atom stereocenters. The van der Waals surface area contributed by atoms with E-state index in [-0.39, 0.29) is 18.0 Å². The van der Waals surface area contributed by atoms with Gasteiger partial charge in [-0.1, -0.05) is 18.2 Å². The maximum Gasteiger partial charge on any atom is 0.336 e. The van der Waals surface area contributed by atoms with E-state index >= 15 is 0 Å². The first-order valence-electron chi connectivity index (χ1n) is 8.42. The molecule has 3 aromatic rings. The van der Waals surface area contributed by atoms with Gasteiger partial charge in [0.05, 0.1) is 29.5 Å². The van der Waals surface area contributed by atoms with E-state index in [1.165, 1.54) is 18.2 Å². The van der Waals surface area contributed by atoms with Crippen molar-refractivity contribution in [3.8, 4) is 0 Å². The topological polar surface area (TPSA) is 102 Å². The highest BCUT2D eigenvalue weighted by atomic mass is 16.6. The summed E-state index contributed by atoms with van der Waals surface area (Å²) in [5.41, 5.74) is 2.45. The van der Waals surface area contributed by atoms with Crippen LogP contribution in [0.2, 0.25) is 0 Å². The molecule has 0 aliphatic carbocycles. The molecule has 0 aliphatic heterocycles. The number of esters is 1. The Labute approximate surface area is 160 Å². The minimum Gasteiger partial charge on any atom is -0.471 e. The van der Waals surface area contributed by atoms with Gasteiger partial charge in [0.25, 0.3) is 11.4 Å². The molecule has 1 aromatic heterocycles. The number of nitrogens with zero attached hydrogens (tertiary/aromatic N) is 2. The molecule has 8 heteroatoms. The van der Waals surface area contributed by atoms with Crippen molar-refractivity contribution in [1.29, 1.82) is 0 Å². The molecule has 0 bridgehead atoms. The predicted molar refractivity (Wildman–Crippen MR) is 106 cm³/mol. The van der Waals surface area contributed by atoms with Gasteiger partial charge in [-0.05, 0) is 31.2 Å². The molecule has 0 aliphatic rings. The average Bonchev–Trinajstić information content (AvgIpc) is 3.04. The van der Waals surface area contributed by atoms with Crippen LogP contribution in [0.25, 0.3) is 21.8 Å². The van der Waals surface area contributed by atoms with E-state index < -0.39 is 10.9 Å². The number of nitrogens with one attached hydrogen (secondary N) is 2. The molecule has 0 spiro atoms. The van der Waals surface area contributed by atoms with Crippen LogP contribution >= 0.6 is 0 Å². The number of hydrogen-bond acceptors (Lipinski definition) is 5. The lowest BCUT2D eigenvalue weighted by Crippen LogP contribution is -2.05. The zero-order valence-corrected chi connectivity index (χ0v) is 14.9. The summed E-state index contributed by atoms with van der Waals surface area (Å²) >= 11 is 0. The highest BCUT2D eigenvalue weighted by Crippen LogP contribution is 2.32. The second-order valence-electron chi connectivity index (χ2n) is 5.75. The molecule has 0 amide bonds. The third kappa shape index (κ3) is 3.83. The summed E-state index contributed by atoms with van der Waals surface area (Å²) in [6, 6.07) is 13.5. The van der Waals surface area contributed by atoms with Crippen molar-refractivity contribution in [2.75, 3.05) is 11.9 Å². The Morgan fingerprint density at radius 2 is 2.00 bits per heavy atom. The van der Waals surface area contributed by atoms with Gasteiger partial charge in [0.1, 0.15) is 0 Å². The minimum absolute atomic E-state index is 0.0119. The van der Waals surface area contributed by atoms with Gasteiger partial charge < -0.3 is 15.0 Å². The first kappa shape index (κ1) is 18.7. The van der Waals surface area contributed by atoms with Crippen LogP contribution < -0.4 is 5.32 Å². The fraction of sp³-hybridized carbons (Fsp3) is 0.100. The van der Waals surface area contributed by atoms with Gasteiger partial charge in [0.15, 0.2) is 0 Å². The van der Waals surface area contributed by atoms with Crippen LogP contribution in [0.5, 0.6) is 0 Å². The van der Waals surface area contributed by atoms with Crippen LogP contribution in [-0.2, 0) is 9.53 Å². The second-order valence-corrected chi connectivity index (χ2v) is 5.75. The van der Waals surface area contributed by atoms with E-state index in [1.807, 2.05) is 24.3 Å². The summed E-state index contributed by atoms with van der Waals surface area (Å²) in [5.74, 6) is -0.697. The largest absolute Gasteiger partial charge is 0.471 e. The second kappa shape index (κ2) is 8.05. The molecule has 0 saturated heterocycles. The van der Waals surface area contributed by atoms with Crippen LogP contribution in [-0.4, -0.2) is 22.5 Å². The van der Waals surface area contributed by atoms with Crippen LogP contribution in [0, 0.1) is 16.7 Å². The first-order chi connectivity index (χ1) is 13.5. The SMILES string of the molecule is [C-]#[N+]/C(=C\c1[nH]c2ccccc2c1Nc1ccc([N+](=O)[O-])cc1)C(=O)OCC. The number of non-ortho nitro benzene ring substituents is 1. The number of aromatic amines is 1. The Morgan fingerprint density at radius 3 is 2.64 bits per heavy atom. The van der Waals surface area contributed by atoms with Crippen molar-refractivity contribution >= 4 is 40.0 Å². The molecule has 28 heavy (non-hydrogen) atoms. The number of hydrogen-bond donors (Lipinski definition) is 2. The molecule has 0 fully saturated rings. The van der Waals surface area contributed by atoms with Crippen molar-refractivity contribution in [2.45, 2.75) is 6.92 Å². The number of nitro groups is 1. The molecule has 0 unspecified atom stereocenters. The molecule has 1 heterocycles. The molecule has 3 rings (SSSR count). The van der Waals surface area contributed by atoms with Gasteiger partial charge in [-0.3, -0.25) is 14.9 Å². The third-order valence-electron chi connectivity index (χ3n) is 3.97. The van der Waals surface area contributed by atoms with Crippen molar-refractivity contribution in [3.63, 3.8) is 0 Å². The number of para-hydroxylation sites is 1. The van der Waals surface area contributed by atoms with E-state index in [0.29, 0.717) is 17.1 Å². The van der Waals surface area contributed by atoms with Crippen molar-refractivity contribution < 1.29 is 14.5 Å². The number of benzene rings is 2. The third-order valence-corrected chi connectivity index (χ3v) is 3.97. The summed E-state index contributed by atoms with van der Waals surface area (Å²) < 4.78 is 4.92. The van der Waals surface area contributed by atoms with Gasteiger partial charge >= 0.3 is 5.97 Å². The summed E-state index contributed by atoms with van der Waals surface area (Å²) in [5, 5.41) is 14.9. The Morgan fingerprint density at radius 1 is 1.29 bits per heavy atom. The monoisotopic (exact) mass is 376 g/mol. The van der Waals surface area contributed by atoms with Gasteiger partial charge in [-0.2, -0.15) is 0 Å². The molecular formula is C20H16N4O4. The molecule has 0 radical (unpaired) electrons. The standard InChI is InChI=1S/C20H16N4O4/c1-3-28-20(25)18(21-2)12-17-19(15-6-4-5-7-16(15)23-17)22-13-8-10-14(11-9-13)24(26)27/h4-12,22-23H,3H2,1H3/b18-12-. The zero-order valence-electron chi connectivity index (χ0n) is 14.9. The quantitative estimate of drug-likeness (QED) is 0.214. The van der Waals surface area contributed by atoms with E-state index in [9.17, 15) is 14.9 Å². The van der Waals surface area contributed by atoms with Gasteiger partial charge in [-0.15, -0.1) is 0 Å². The highest BCUT2D eigenvalue weighted by molar-refractivity contribution is 6.02. The van der Waals surface area contributed by atoms with Crippen molar-refractivity contribution in [3.05, 3.63) is 81.5 Å².